The summed E-state index contributed by atoms with van der Waals surface area (Å²) < 4.78 is 0. The lowest BCUT2D eigenvalue weighted by molar-refractivity contribution is 0.0740. The van der Waals surface area contributed by atoms with Crippen molar-refractivity contribution in [2.24, 2.45) is 0 Å². The largest absolute Gasteiger partial charge is 0.331 e. The molecule has 1 saturated heterocycles. The Kier molecular flexibility index (Phi) is 3.38. The van der Waals surface area contributed by atoms with Crippen molar-refractivity contribution in [2.75, 3.05) is 6.54 Å². The first-order chi connectivity index (χ1) is 9.25. The van der Waals surface area contributed by atoms with Gasteiger partial charge in [0.05, 0.1) is 10.9 Å². The maximum absolute atomic E-state index is 12.5. The summed E-state index contributed by atoms with van der Waals surface area (Å²) in [7, 11) is 0. The summed E-state index contributed by atoms with van der Waals surface area (Å²) in [6, 6.07) is 12.7. The molecule has 1 aliphatic rings. The standard InChI is InChI=1S/C16H17NOS/c1-12-6-8-13(9-7-12)14-4-2-10-17(14)16(18)15-5-3-11-19-15/h3,5-9,11,14H,2,4,10H2,1H3/t14-/m0/s1. The van der Waals surface area contributed by atoms with Crippen molar-refractivity contribution in [2.45, 2.75) is 25.8 Å². The van der Waals surface area contributed by atoms with Gasteiger partial charge in [-0.2, -0.15) is 0 Å². The Morgan fingerprint density at radius 1 is 1.26 bits per heavy atom. The van der Waals surface area contributed by atoms with Crippen molar-refractivity contribution >= 4 is 17.2 Å². The van der Waals surface area contributed by atoms with E-state index in [9.17, 15) is 4.79 Å². The van der Waals surface area contributed by atoms with Gasteiger partial charge in [-0.25, -0.2) is 0 Å². The fraction of sp³-hybridized carbons (Fsp3) is 0.312. The first-order valence-electron chi connectivity index (χ1n) is 6.67. The second kappa shape index (κ2) is 5.17. The van der Waals surface area contributed by atoms with Gasteiger partial charge in [-0.3, -0.25) is 4.79 Å². The predicted octanol–water partition coefficient (Wildman–Crippen LogP) is 4.03. The zero-order valence-electron chi connectivity index (χ0n) is 11.0. The summed E-state index contributed by atoms with van der Waals surface area (Å²) in [6.45, 7) is 2.96. The van der Waals surface area contributed by atoms with Crippen LogP contribution in [0.2, 0.25) is 0 Å². The first kappa shape index (κ1) is 12.4. The van der Waals surface area contributed by atoms with Crippen LogP contribution in [0.25, 0.3) is 0 Å². The molecule has 0 saturated carbocycles. The van der Waals surface area contributed by atoms with E-state index in [2.05, 4.69) is 31.2 Å². The van der Waals surface area contributed by atoms with Gasteiger partial charge in [0.25, 0.3) is 5.91 Å². The van der Waals surface area contributed by atoms with E-state index < -0.39 is 0 Å². The van der Waals surface area contributed by atoms with Crippen LogP contribution in [0, 0.1) is 6.92 Å². The Morgan fingerprint density at radius 2 is 2.05 bits per heavy atom. The molecule has 1 aliphatic heterocycles. The molecule has 0 radical (unpaired) electrons. The second-order valence-electron chi connectivity index (χ2n) is 5.04. The van der Waals surface area contributed by atoms with Crippen molar-refractivity contribution in [1.82, 2.24) is 4.90 Å². The Labute approximate surface area is 117 Å². The van der Waals surface area contributed by atoms with Crippen LogP contribution >= 0.6 is 11.3 Å². The van der Waals surface area contributed by atoms with E-state index in [0.717, 1.165) is 24.3 Å². The quantitative estimate of drug-likeness (QED) is 0.807. The van der Waals surface area contributed by atoms with Crippen molar-refractivity contribution in [3.63, 3.8) is 0 Å². The normalized spacial score (nSPS) is 18.8. The molecule has 3 rings (SSSR count). The van der Waals surface area contributed by atoms with Gasteiger partial charge >= 0.3 is 0 Å². The zero-order chi connectivity index (χ0) is 13.2. The fourth-order valence-corrected chi connectivity index (χ4v) is 3.37. The highest BCUT2D eigenvalue weighted by atomic mass is 32.1. The van der Waals surface area contributed by atoms with E-state index in [4.69, 9.17) is 0 Å². The van der Waals surface area contributed by atoms with Crippen LogP contribution in [0.5, 0.6) is 0 Å². The number of thiophene rings is 1. The van der Waals surface area contributed by atoms with Gasteiger partial charge in [0.2, 0.25) is 0 Å². The molecule has 1 aromatic carbocycles. The maximum atomic E-state index is 12.5. The van der Waals surface area contributed by atoms with Gasteiger partial charge in [0, 0.05) is 6.54 Å². The minimum atomic E-state index is 0.179. The highest BCUT2D eigenvalue weighted by molar-refractivity contribution is 7.12. The van der Waals surface area contributed by atoms with E-state index in [-0.39, 0.29) is 11.9 Å². The zero-order valence-corrected chi connectivity index (χ0v) is 11.8. The molecular weight excluding hydrogens is 254 g/mol. The van der Waals surface area contributed by atoms with Crippen LogP contribution in [0.15, 0.2) is 41.8 Å². The number of rotatable bonds is 2. The lowest BCUT2D eigenvalue weighted by atomic mass is 10.0. The molecule has 1 amide bonds. The molecule has 2 aromatic rings. The number of carbonyl (C=O) groups is 1. The Balaban J connectivity index is 1.85. The summed E-state index contributed by atoms with van der Waals surface area (Å²) in [5.41, 5.74) is 2.52. The lowest BCUT2D eigenvalue weighted by Gasteiger charge is -2.24. The monoisotopic (exact) mass is 271 g/mol. The van der Waals surface area contributed by atoms with Crippen molar-refractivity contribution in [1.29, 1.82) is 0 Å². The number of amides is 1. The molecule has 0 spiro atoms. The summed E-state index contributed by atoms with van der Waals surface area (Å²) in [5, 5.41) is 1.96. The van der Waals surface area contributed by atoms with E-state index in [1.54, 1.807) is 0 Å². The summed E-state index contributed by atoms with van der Waals surface area (Å²) in [4.78, 5) is 15.4. The molecule has 3 heteroatoms. The third-order valence-electron chi connectivity index (χ3n) is 3.71. The molecule has 2 nitrogen and oxygen atoms in total. The van der Waals surface area contributed by atoms with Crippen molar-refractivity contribution in [3.05, 3.63) is 57.8 Å². The minimum absolute atomic E-state index is 0.179. The van der Waals surface area contributed by atoms with Gasteiger partial charge in [-0.15, -0.1) is 11.3 Å². The van der Waals surface area contributed by atoms with Crippen LogP contribution < -0.4 is 0 Å². The summed E-state index contributed by atoms with van der Waals surface area (Å²) in [5.74, 6) is 0.179. The average molecular weight is 271 g/mol. The van der Waals surface area contributed by atoms with Crippen LogP contribution in [0.1, 0.15) is 39.7 Å². The van der Waals surface area contributed by atoms with E-state index in [1.807, 2.05) is 22.4 Å². The van der Waals surface area contributed by atoms with E-state index >= 15 is 0 Å². The van der Waals surface area contributed by atoms with Gasteiger partial charge in [0.15, 0.2) is 0 Å². The second-order valence-corrected chi connectivity index (χ2v) is 5.99. The summed E-state index contributed by atoms with van der Waals surface area (Å²) >= 11 is 1.53. The number of likely N-dealkylation sites (tertiary alicyclic amines) is 1. The van der Waals surface area contributed by atoms with Crippen molar-refractivity contribution < 1.29 is 4.79 Å². The van der Waals surface area contributed by atoms with Crippen LogP contribution in [0.3, 0.4) is 0 Å². The number of carbonyl (C=O) groups excluding carboxylic acids is 1. The molecular formula is C16H17NOS. The predicted molar refractivity (Wildman–Crippen MR) is 78.5 cm³/mol. The Morgan fingerprint density at radius 3 is 2.74 bits per heavy atom. The average Bonchev–Trinajstić information content (AvgIpc) is 3.10. The van der Waals surface area contributed by atoms with Crippen molar-refractivity contribution in [3.8, 4) is 0 Å². The van der Waals surface area contributed by atoms with E-state index in [0.29, 0.717) is 0 Å². The Bertz CT molecular complexity index is 559. The van der Waals surface area contributed by atoms with Crippen LogP contribution in [0.4, 0.5) is 0 Å². The topological polar surface area (TPSA) is 20.3 Å². The fourth-order valence-electron chi connectivity index (χ4n) is 2.69. The molecule has 1 atom stereocenters. The molecule has 1 fully saturated rings. The minimum Gasteiger partial charge on any atom is -0.331 e. The first-order valence-corrected chi connectivity index (χ1v) is 7.55. The Hall–Kier alpha value is -1.61. The number of hydrogen-bond donors (Lipinski definition) is 0. The number of hydrogen-bond acceptors (Lipinski definition) is 2. The smallest absolute Gasteiger partial charge is 0.264 e. The molecule has 0 unspecified atom stereocenters. The maximum Gasteiger partial charge on any atom is 0.264 e. The van der Waals surface area contributed by atoms with Gasteiger partial charge in [-0.1, -0.05) is 35.9 Å². The summed E-state index contributed by atoms with van der Waals surface area (Å²) in [6.07, 6.45) is 2.16. The van der Waals surface area contributed by atoms with Gasteiger partial charge in [0.1, 0.15) is 0 Å². The molecule has 98 valence electrons. The SMILES string of the molecule is Cc1ccc([C@@H]2CCCN2C(=O)c2cccs2)cc1. The van der Waals surface area contributed by atoms with E-state index in [1.165, 1.54) is 22.5 Å². The number of aryl methyl sites for hydroxylation is 1. The molecule has 0 bridgehead atoms. The third-order valence-corrected chi connectivity index (χ3v) is 4.57. The lowest BCUT2D eigenvalue weighted by Crippen LogP contribution is -2.29. The highest BCUT2D eigenvalue weighted by Crippen LogP contribution is 2.33. The molecule has 2 heterocycles. The third kappa shape index (κ3) is 2.43. The number of benzene rings is 1. The molecule has 1 aromatic heterocycles. The molecule has 0 N–H and O–H groups in total. The molecule has 19 heavy (non-hydrogen) atoms. The highest BCUT2D eigenvalue weighted by Gasteiger charge is 2.30. The van der Waals surface area contributed by atoms with Gasteiger partial charge < -0.3 is 4.90 Å². The molecule has 0 aliphatic carbocycles. The van der Waals surface area contributed by atoms with Gasteiger partial charge in [-0.05, 0) is 36.8 Å². The van der Waals surface area contributed by atoms with Crippen LogP contribution in [-0.2, 0) is 0 Å². The van der Waals surface area contributed by atoms with Crippen LogP contribution in [-0.4, -0.2) is 17.4 Å². The number of nitrogens with zero attached hydrogens (tertiary/aromatic N) is 1.